The molecule has 2 saturated carbocycles. The summed E-state index contributed by atoms with van der Waals surface area (Å²) in [4.78, 5) is 28.0. The quantitative estimate of drug-likeness (QED) is 0.644. The molecule has 31 heavy (non-hydrogen) atoms. The van der Waals surface area contributed by atoms with Crippen molar-refractivity contribution in [2.45, 2.75) is 87.4 Å². The Hall–Kier alpha value is -1.45. The highest BCUT2D eigenvalue weighted by Crippen LogP contribution is 2.38. The molecule has 0 unspecified atom stereocenters. The molecule has 0 atom stereocenters. The van der Waals surface area contributed by atoms with Crippen molar-refractivity contribution in [1.29, 1.82) is 0 Å². The monoisotopic (exact) mass is 468 g/mol. The smallest absolute Gasteiger partial charge is 0.340 e. The lowest BCUT2D eigenvalue weighted by Crippen LogP contribution is -2.37. The lowest BCUT2D eigenvalue weighted by molar-refractivity contribution is -0.133. The van der Waals surface area contributed by atoms with Crippen LogP contribution in [0.1, 0.15) is 85.0 Å². The number of sulfonamides is 1. The van der Waals surface area contributed by atoms with Gasteiger partial charge in [0, 0.05) is 23.9 Å². The first-order chi connectivity index (χ1) is 14.9. The summed E-state index contributed by atoms with van der Waals surface area (Å²) >= 11 is 1.12. The molecule has 0 aromatic carbocycles. The average Bonchev–Trinajstić information content (AvgIpc) is 3.41. The van der Waals surface area contributed by atoms with E-state index in [2.05, 4.69) is 4.72 Å². The van der Waals surface area contributed by atoms with Crippen LogP contribution >= 0.6 is 11.3 Å². The van der Waals surface area contributed by atoms with Crippen LogP contribution in [0.5, 0.6) is 0 Å². The normalized spacial score (nSPS) is 20.6. The zero-order chi connectivity index (χ0) is 22.0. The van der Waals surface area contributed by atoms with Crippen molar-refractivity contribution in [3.8, 4) is 0 Å². The standard InChI is InChI=1S/C22H32N2O5S2/c1-29-21(26)20-17-11-12-24(19(25)13-15-7-5-6-8-15)14-18(17)30-22(20)31(27,28)23-16-9-3-2-4-10-16/h15-16,23H,2-14H2,1H3. The summed E-state index contributed by atoms with van der Waals surface area (Å²) in [5.41, 5.74) is 0.888. The minimum absolute atomic E-state index is 0.0417. The van der Waals surface area contributed by atoms with Crippen molar-refractivity contribution in [1.82, 2.24) is 9.62 Å². The third-order valence-electron chi connectivity index (χ3n) is 6.88. The van der Waals surface area contributed by atoms with E-state index in [1.54, 1.807) is 0 Å². The largest absolute Gasteiger partial charge is 0.465 e. The Morgan fingerprint density at radius 3 is 2.45 bits per heavy atom. The van der Waals surface area contributed by atoms with Crippen LogP contribution in [0, 0.1) is 5.92 Å². The molecule has 1 aromatic heterocycles. The SMILES string of the molecule is COC(=O)c1c(S(=O)(=O)NC2CCCCC2)sc2c1CCN(C(=O)CC1CCCC1)C2. The molecular weight excluding hydrogens is 436 g/mol. The van der Waals surface area contributed by atoms with Gasteiger partial charge in [-0.15, -0.1) is 11.3 Å². The van der Waals surface area contributed by atoms with E-state index >= 15 is 0 Å². The van der Waals surface area contributed by atoms with Crippen LogP contribution in [0.15, 0.2) is 4.21 Å². The molecule has 0 radical (unpaired) electrons. The number of hydrogen-bond donors (Lipinski definition) is 1. The van der Waals surface area contributed by atoms with Crippen LogP contribution in [-0.4, -0.2) is 44.9 Å². The summed E-state index contributed by atoms with van der Waals surface area (Å²) in [7, 11) is -2.56. The molecule has 3 aliphatic rings. The first kappa shape index (κ1) is 22.7. The van der Waals surface area contributed by atoms with Crippen molar-refractivity contribution in [3.05, 3.63) is 16.0 Å². The molecular formula is C22H32N2O5S2. The van der Waals surface area contributed by atoms with Gasteiger partial charge in [0.15, 0.2) is 0 Å². The number of carbonyl (C=O) groups excluding carboxylic acids is 2. The van der Waals surface area contributed by atoms with Gasteiger partial charge in [0.25, 0.3) is 10.0 Å². The highest BCUT2D eigenvalue weighted by atomic mass is 32.2. The second kappa shape index (κ2) is 9.58. The average molecular weight is 469 g/mol. The summed E-state index contributed by atoms with van der Waals surface area (Å²) in [6.45, 7) is 0.878. The van der Waals surface area contributed by atoms with Gasteiger partial charge in [0.2, 0.25) is 5.91 Å². The molecule has 1 N–H and O–H groups in total. The number of ether oxygens (including phenoxy) is 1. The first-order valence-corrected chi connectivity index (χ1v) is 13.7. The minimum atomic E-state index is -3.83. The van der Waals surface area contributed by atoms with Gasteiger partial charge in [-0.1, -0.05) is 32.1 Å². The van der Waals surface area contributed by atoms with E-state index in [0.717, 1.165) is 66.7 Å². The third kappa shape index (κ3) is 4.98. The molecule has 172 valence electrons. The summed E-state index contributed by atoms with van der Waals surface area (Å²) in [6.07, 6.45) is 10.5. The minimum Gasteiger partial charge on any atom is -0.465 e. The predicted molar refractivity (Wildman–Crippen MR) is 119 cm³/mol. The molecule has 9 heteroatoms. The molecule has 1 amide bonds. The van der Waals surface area contributed by atoms with Gasteiger partial charge in [-0.2, -0.15) is 0 Å². The van der Waals surface area contributed by atoms with Crippen molar-refractivity contribution in [2.24, 2.45) is 5.92 Å². The highest BCUT2D eigenvalue weighted by Gasteiger charge is 2.36. The second-order valence-electron chi connectivity index (χ2n) is 9.03. The van der Waals surface area contributed by atoms with Crippen LogP contribution in [0.3, 0.4) is 0 Å². The number of fused-ring (bicyclic) bond motifs is 1. The van der Waals surface area contributed by atoms with Gasteiger partial charge in [-0.25, -0.2) is 17.9 Å². The fourth-order valence-electron chi connectivity index (χ4n) is 5.17. The Bertz CT molecular complexity index is 928. The molecule has 1 aromatic rings. The lowest BCUT2D eigenvalue weighted by Gasteiger charge is -2.28. The fraction of sp³-hybridized carbons (Fsp3) is 0.727. The second-order valence-corrected chi connectivity index (χ2v) is 12.0. The fourth-order valence-corrected chi connectivity index (χ4v) is 8.39. The Kier molecular flexibility index (Phi) is 7.03. The topological polar surface area (TPSA) is 92.8 Å². The molecule has 2 fully saturated rings. The van der Waals surface area contributed by atoms with Gasteiger partial charge in [0.1, 0.15) is 4.21 Å². The Morgan fingerprint density at radius 2 is 1.77 bits per heavy atom. The molecule has 0 spiro atoms. The maximum absolute atomic E-state index is 13.2. The Labute approximate surface area is 188 Å². The van der Waals surface area contributed by atoms with E-state index in [0.29, 0.717) is 31.8 Å². The van der Waals surface area contributed by atoms with Crippen LogP contribution in [0.4, 0.5) is 0 Å². The van der Waals surface area contributed by atoms with Crippen LogP contribution in [0.25, 0.3) is 0 Å². The Morgan fingerprint density at radius 1 is 1.10 bits per heavy atom. The maximum atomic E-state index is 13.2. The van der Waals surface area contributed by atoms with E-state index < -0.39 is 16.0 Å². The molecule has 0 saturated heterocycles. The predicted octanol–water partition coefficient (Wildman–Crippen LogP) is 3.61. The first-order valence-electron chi connectivity index (χ1n) is 11.4. The molecule has 2 aliphatic carbocycles. The summed E-state index contributed by atoms with van der Waals surface area (Å²) in [5.74, 6) is -0.0129. The number of methoxy groups -OCH3 is 1. The number of thiophene rings is 1. The van der Waals surface area contributed by atoms with Gasteiger partial charge < -0.3 is 9.64 Å². The number of carbonyl (C=O) groups is 2. The zero-order valence-corrected chi connectivity index (χ0v) is 19.8. The van der Waals surface area contributed by atoms with Gasteiger partial charge in [0.05, 0.1) is 19.2 Å². The van der Waals surface area contributed by atoms with Crippen LogP contribution in [0.2, 0.25) is 0 Å². The van der Waals surface area contributed by atoms with Gasteiger partial charge in [-0.05, 0) is 43.6 Å². The van der Waals surface area contributed by atoms with E-state index in [9.17, 15) is 18.0 Å². The zero-order valence-electron chi connectivity index (χ0n) is 18.2. The van der Waals surface area contributed by atoms with E-state index in [-0.39, 0.29) is 21.7 Å². The van der Waals surface area contributed by atoms with Crippen LogP contribution in [-0.2, 0) is 32.5 Å². The lowest BCUT2D eigenvalue weighted by atomic mass is 9.96. The number of nitrogens with zero attached hydrogens (tertiary/aromatic N) is 1. The van der Waals surface area contributed by atoms with E-state index in [1.807, 2.05) is 4.90 Å². The van der Waals surface area contributed by atoms with Crippen molar-refractivity contribution in [2.75, 3.05) is 13.7 Å². The van der Waals surface area contributed by atoms with Gasteiger partial charge in [-0.3, -0.25) is 4.79 Å². The number of amides is 1. The Balaban J connectivity index is 1.57. The summed E-state index contributed by atoms with van der Waals surface area (Å²) in [5, 5.41) is 0. The number of esters is 1. The maximum Gasteiger partial charge on any atom is 0.340 e. The molecule has 7 nitrogen and oxygen atoms in total. The van der Waals surface area contributed by atoms with E-state index in [1.165, 1.54) is 20.0 Å². The number of hydrogen-bond acceptors (Lipinski definition) is 6. The molecule has 1 aliphatic heterocycles. The van der Waals surface area contributed by atoms with Crippen LogP contribution < -0.4 is 4.72 Å². The molecule has 2 heterocycles. The number of rotatable bonds is 6. The van der Waals surface area contributed by atoms with E-state index in [4.69, 9.17) is 4.74 Å². The highest BCUT2D eigenvalue weighted by molar-refractivity contribution is 7.91. The van der Waals surface area contributed by atoms with Crippen molar-refractivity contribution >= 4 is 33.2 Å². The summed E-state index contributed by atoms with van der Waals surface area (Å²) < 4.78 is 34.2. The summed E-state index contributed by atoms with van der Waals surface area (Å²) in [6, 6.07) is -0.0899. The van der Waals surface area contributed by atoms with Crippen molar-refractivity contribution < 1.29 is 22.7 Å². The van der Waals surface area contributed by atoms with Crippen molar-refractivity contribution in [3.63, 3.8) is 0 Å². The third-order valence-corrected chi connectivity index (χ3v) is 10.1. The molecule has 0 bridgehead atoms. The number of nitrogens with one attached hydrogen (secondary N) is 1. The molecule has 4 rings (SSSR count). The van der Waals surface area contributed by atoms with Gasteiger partial charge >= 0.3 is 5.97 Å².